The van der Waals surface area contributed by atoms with Crippen LogP contribution in [-0.2, 0) is 5.79 Å². The van der Waals surface area contributed by atoms with Crippen molar-refractivity contribution >= 4 is 17.3 Å². The number of hydrogen-bond donors (Lipinski definition) is 0. The lowest BCUT2D eigenvalue weighted by atomic mass is 9.81. The molecule has 0 radical (unpaired) electrons. The Morgan fingerprint density at radius 2 is 1.65 bits per heavy atom. The molecule has 3 aromatic rings. The molecule has 1 aliphatic rings. The summed E-state index contributed by atoms with van der Waals surface area (Å²) in [7, 11) is 0. The molecule has 5 heteroatoms. The lowest BCUT2D eigenvalue weighted by molar-refractivity contribution is 0.0841. The van der Waals surface area contributed by atoms with E-state index in [4.69, 9.17) is 11.6 Å². The first kappa shape index (κ1) is 17.0. The fraction of sp³-hybridized carbons (Fsp3) is 0.238. The van der Waals surface area contributed by atoms with Crippen LogP contribution in [-0.4, -0.2) is 16.5 Å². The zero-order valence-corrected chi connectivity index (χ0v) is 15.0. The summed E-state index contributed by atoms with van der Waals surface area (Å²) in [5, 5.41) is 0.416. The number of rotatable bonds is 3. The molecule has 1 saturated heterocycles. The van der Waals surface area contributed by atoms with Crippen molar-refractivity contribution in [3.05, 3.63) is 89.5 Å². The first-order valence-corrected chi connectivity index (χ1v) is 9.12. The Hall–Kier alpha value is -2.46. The summed E-state index contributed by atoms with van der Waals surface area (Å²) in [6, 6.07) is 18.5. The molecule has 0 spiro atoms. The largest absolute Gasteiger partial charge is 0.335 e. The van der Waals surface area contributed by atoms with Gasteiger partial charge < -0.3 is 4.90 Å². The van der Waals surface area contributed by atoms with Crippen LogP contribution in [0.2, 0.25) is 5.02 Å². The van der Waals surface area contributed by atoms with Gasteiger partial charge in [0.25, 0.3) is 0 Å². The van der Waals surface area contributed by atoms with Gasteiger partial charge in [0, 0.05) is 35.2 Å². The summed E-state index contributed by atoms with van der Waals surface area (Å²) < 4.78 is 17.0. The SMILES string of the molecule is FC1(c2ccccc2Cl)C(c2ncccn2)CCCN1c1ccccc1. The minimum atomic E-state index is -1.82. The minimum absolute atomic E-state index is 0.416. The number of halogens is 2. The van der Waals surface area contributed by atoms with Crippen LogP contribution in [0.25, 0.3) is 0 Å². The van der Waals surface area contributed by atoms with Crippen molar-refractivity contribution in [1.82, 2.24) is 9.97 Å². The maximum absolute atomic E-state index is 17.0. The molecule has 0 amide bonds. The van der Waals surface area contributed by atoms with Crippen molar-refractivity contribution in [2.75, 3.05) is 11.4 Å². The first-order chi connectivity index (χ1) is 12.7. The Morgan fingerprint density at radius 3 is 2.38 bits per heavy atom. The van der Waals surface area contributed by atoms with Crippen molar-refractivity contribution in [3.8, 4) is 0 Å². The number of para-hydroxylation sites is 1. The van der Waals surface area contributed by atoms with E-state index in [0.29, 0.717) is 29.4 Å². The third kappa shape index (κ3) is 2.84. The molecule has 1 aromatic heterocycles. The van der Waals surface area contributed by atoms with E-state index in [2.05, 4.69) is 9.97 Å². The molecule has 4 rings (SSSR count). The van der Waals surface area contributed by atoms with Crippen molar-refractivity contribution in [1.29, 1.82) is 0 Å². The minimum Gasteiger partial charge on any atom is -0.335 e. The summed E-state index contributed by atoms with van der Waals surface area (Å²) in [6.07, 6.45) is 4.84. The topological polar surface area (TPSA) is 29.0 Å². The molecular weight excluding hydrogens is 349 g/mol. The van der Waals surface area contributed by atoms with Crippen LogP contribution in [0.1, 0.15) is 30.1 Å². The fourth-order valence-corrected chi connectivity index (χ4v) is 4.06. The highest BCUT2D eigenvalue weighted by Gasteiger charge is 2.51. The predicted molar refractivity (Wildman–Crippen MR) is 102 cm³/mol. The smallest absolute Gasteiger partial charge is 0.220 e. The van der Waals surface area contributed by atoms with E-state index in [1.807, 2.05) is 42.5 Å². The van der Waals surface area contributed by atoms with Gasteiger partial charge in [-0.2, -0.15) is 0 Å². The molecule has 2 atom stereocenters. The molecule has 1 aliphatic heterocycles. The third-order valence-electron chi connectivity index (χ3n) is 4.95. The fourth-order valence-electron chi connectivity index (χ4n) is 3.79. The van der Waals surface area contributed by atoms with Crippen molar-refractivity contribution in [2.45, 2.75) is 24.6 Å². The summed E-state index contributed by atoms with van der Waals surface area (Å²) in [5.74, 6) is -1.81. The maximum Gasteiger partial charge on any atom is 0.220 e. The van der Waals surface area contributed by atoms with Gasteiger partial charge in [-0.05, 0) is 37.1 Å². The van der Waals surface area contributed by atoms with Crippen LogP contribution >= 0.6 is 11.6 Å². The van der Waals surface area contributed by atoms with Gasteiger partial charge in [0.2, 0.25) is 5.79 Å². The second kappa shape index (κ2) is 7.04. The third-order valence-corrected chi connectivity index (χ3v) is 5.28. The van der Waals surface area contributed by atoms with Gasteiger partial charge in [0.05, 0.1) is 5.92 Å². The Balaban J connectivity index is 1.91. The number of benzene rings is 2. The van der Waals surface area contributed by atoms with Crippen molar-refractivity contribution < 1.29 is 4.39 Å². The lowest BCUT2D eigenvalue weighted by Gasteiger charge is -2.47. The zero-order chi connectivity index (χ0) is 18.0. The maximum atomic E-state index is 17.0. The van der Waals surface area contributed by atoms with E-state index in [-0.39, 0.29) is 0 Å². The molecule has 3 nitrogen and oxygen atoms in total. The van der Waals surface area contributed by atoms with Crippen molar-refractivity contribution in [3.63, 3.8) is 0 Å². The molecule has 2 heterocycles. The molecule has 0 bridgehead atoms. The van der Waals surface area contributed by atoms with Crippen LogP contribution in [0.5, 0.6) is 0 Å². The monoisotopic (exact) mass is 367 g/mol. The van der Waals surface area contributed by atoms with E-state index >= 15 is 4.39 Å². The first-order valence-electron chi connectivity index (χ1n) is 8.75. The van der Waals surface area contributed by atoms with Crippen molar-refractivity contribution in [2.24, 2.45) is 0 Å². The Bertz CT molecular complexity index is 825. The van der Waals surface area contributed by atoms with Gasteiger partial charge in [-0.25, -0.2) is 14.4 Å². The second-order valence-electron chi connectivity index (χ2n) is 6.44. The van der Waals surface area contributed by atoms with Gasteiger partial charge in [-0.3, -0.25) is 0 Å². The molecular formula is C21H19ClFN3. The predicted octanol–water partition coefficient (Wildman–Crippen LogP) is 5.34. The van der Waals surface area contributed by atoms with Crippen LogP contribution in [0.4, 0.5) is 10.1 Å². The normalized spacial score (nSPS) is 23.0. The number of anilines is 1. The van der Waals surface area contributed by atoms with Crippen LogP contribution in [0.15, 0.2) is 73.1 Å². The molecule has 26 heavy (non-hydrogen) atoms. The Morgan fingerprint density at radius 1 is 0.962 bits per heavy atom. The average molecular weight is 368 g/mol. The summed E-state index contributed by atoms with van der Waals surface area (Å²) in [6.45, 7) is 0.606. The molecule has 0 N–H and O–H groups in total. The standard InChI is InChI=1S/C21H19ClFN3/c22-19-12-5-4-10-17(19)21(23)18(20-24-13-7-14-25-20)11-6-15-26(21)16-8-2-1-3-9-16/h1-5,7-10,12-14,18H,6,11,15H2. The highest BCUT2D eigenvalue weighted by Crippen LogP contribution is 2.51. The van der Waals surface area contributed by atoms with Gasteiger partial charge in [-0.15, -0.1) is 0 Å². The van der Waals surface area contributed by atoms with Crippen LogP contribution < -0.4 is 4.90 Å². The lowest BCUT2D eigenvalue weighted by Crippen LogP contribution is -2.51. The molecule has 132 valence electrons. The van der Waals surface area contributed by atoms with E-state index in [9.17, 15) is 0 Å². The van der Waals surface area contributed by atoms with Crippen LogP contribution in [0.3, 0.4) is 0 Å². The van der Waals surface area contributed by atoms with E-state index in [1.54, 1.807) is 35.5 Å². The second-order valence-corrected chi connectivity index (χ2v) is 6.85. The van der Waals surface area contributed by atoms with Gasteiger partial charge in [0.15, 0.2) is 0 Å². The molecule has 2 aromatic carbocycles. The number of alkyl halides is 1. The quantitative estimate of drug-likeness (QED) is 0.585. The number of nitrogens with zero attached hydrogens (tertiary/aromatic N) is 3. The molecule has 2 unspecified atom stereocenters. The number of piperidine rings is 1. The zero-order valence-electron chi connectivity index (χ0n) is 14.2. The van der Waals surface area contributed by atoms with E-state index < -0.39 is 11.7 Å². The summed E-state index contributed by atoms with van der Waals surface area (Å²) in [4.78, 5) is 10.5. The number of aromatic nitrogens is 2. The Kier molecular flexibility index (Phi) is 4.60. The molecule has 0 aliphatic carbocycles. The van der Waals surface area contributed by atoms with Gasteiger partial charge >= 0.3 is 0 Å². The molecule has 0 saturated carbocycles. The Labute approximate surface area is 157 Å². The summed E-state index contributed by atoms with van der Waals surface area (Å²) in [5.41, 5.74) is 1.29. The number of hydrogen-bond acceptors (Lipinski definition) is 3. The van der Waals surface area contributed by atoms with E-state index in [1.165, 1.54) is 0 Å². The van der Waals surface area contributed by atoms with Gasteiger partial charge in [-0.1, -0.05) is 48.0 Å². The highest BCUT2D eigenvalue weighted by atomic mass is 35.5. The average Bonchev–Trinajstić information content (AvgIpc) is 2.70. The van der Waals surface area contributed by atoms with E-state index in [0.717, 1.165) is 12.1 Å². The van der Waals surface area contributed by atoms with Gasteiger partial charge in [0.1, 0.15) is 5.82 Å². The summed E-state index contributed by atoms with van der Waals surface area (Å²) >= 11 is 6.45. The molecule has 1 fully saturated rings. The highest BCUT2D eigenvalue weighted by molar-refractivity contribution is 6.31. The van der Waals surface area contributed by atoms with Crippen LogP contribution in [0, 0.1) is 0 Å².